The molecule has 0 radical (unpaired) electrons. The minimum Gasteiger partial charge on any atom is -0.465 e. The lowest BCUT2D eigenvalue weighted by Gasteiger charge is -2.03. The molecule has 0 saturated heterocycles. The Hall–Kier alpha value is -1.34. The molecule has 82 valence electrons. The Bertz CT molecular complexity index is 433. The third kappa shape index (κ3) is 2.37. The number of carbonyl (C=O) groups is 1. The summed E-state index contributed by atoms with van der Waals surface area (Å²) in [6, 6.07) is 1.00. The van der Waals surface area contributed by atoms with Gasteiger partial charge in [-0.2, -0.15) is 0 Å². The van der Waals surface area contributed by atoms with Gasteiger partial charge in [0.1, 0.15) is 16.5 Å². The predicted molar refractivity (Wildman–Crippen MR) is 46.7 cm³/mol. The van der Waals surface area contributed by atoms with Gasteiger partial charge in [0.25, 0.3) is 0 Å². The number of methoxy groups -OCH3 is 1. The van der Waals surface area contributed by atoms with Crippen LogP contribution in [0.15, 0.2) is 17.0 Å². The van der Waals surface area contributed by atoms with Crippen molar-refractivity contribution in [2.75, 3.05) is 7.11 Å². The second kappa shape index (κ2) is 4.45. The van der Waals surface area contributed by atoms with Gasteiger partial charge in [-0.1, -0.05) is 0 Å². The van der Waals surface area contributed by atoms with Crippen molar-refractivity contribution in [3.63, 3.8) is 0 Å². The third-order valence-corrected chi connectivity index (χ3v) is 2.30. The Morgan fingerprint density at radius 1 is 1.40 bits per heavy atom. The Kier molecular flexibility index (Phi) is 3.48. The van der Waals surface area contributed by atoms with E-state index in [0.717, 1.165) is 7.11 Å². The first kappa shape index (κ1) is 11.7. The molecule has 7 heteroatoms. The van der Waals surface area contributed by atoms with Crippen molar-refractivity contribution in [3.8, 4) is 0 Å². The minimum atomic E-state index is -2.63. The highest BCUT2D eigenvalue weighted by Crippen LogP contribution is 2.18. The Balaban J connectivity index is 3.36. The number of ether oxygens (including phenoxy) is 1. The average Bonchev–Trinajstić information content (AvgIpc) is 2.16. The molecule has 0 aliphatic heterocycles. The van der Waals surface area contributed by atoms with E-state index in [2.05, 4.69) is 4.74 Å². The molecule has 0 spiro atoms. The molecule has 1 aromatic carbocycles. The highest BCUT2D eigenvalue weighted by atomic mass is 32.2. The van der Waals surface area contributed by atoms with Gasteiger partial charge in [0.05, 0.1) is 12.7 Å². The maximum Gasteiger partial charge on any atom is 0.340 e. The molecule has 1 unspecified atom stereocenters. The summed E-state index contributed by atoms with van der Waals surface area (Å²) in [4.78, 5) is 10.3. The van der Waals surface area contributed by atoms with Gasteiger partial charge in [0, 0.05) is 6.07 Å². The van der Waals surface area contributed by atoms with E-state index in [1.165, 1.54) is 0 Å². The zero-order valence-electron chi connectivity index (χ0n) is 7.49. The number of hydrogen-bond donors (Lipinski definition) is 1. The summed E-state index contributed by atoms with van der Waals surface area (Å²) in [5.74, 6) is -3.38. The number of carbonyl (C=O) groups excluding carboxylic acids is 1. The van der Waals surface area contributed by atoms with Crippen LogP contribution in [0.5, 0.6) is 0 Å². The molecule has 0 fully saturated rings. The van der Waals surface area contributed by atoms with Crippen molar-refractivity contribution in [1.29, 1.82) is 0 Å². The van der Waals surface area contributed by atoms with Crippen LogP contribution in [-0.2, 0) is 15.8 Å². The van der Waals surface area contributed by atoms with E-state index < -0.39 is 39.1 Å². The van der Waals surface area contributed by atoms with Crippen molar-refractivity contribution in [2.45, 2.75) is 4.90 Å². The minimum absolute atomic E-state index is 0.357. The van der Waals surface area contributed by atoms with Crippen molar-refractivity contribution in [1.82, 2.24) is 0 Å². The van der Waals surface area contributed by atoms with Crippen LogP contribution >= 0.6 is 0 Å². The second-order valence-corrected chi connectivity index (χ2v) is 3.44. The maximum absolute atomic E-state index is 13.0. The summed E-state index contributed by atoms with van der Waals surface area (Å²) >= 11 is -2.63. The quantitative estimate of drug-likeness (QED) is 0.621. The van der Waals surface area contributed by atoms with Gasteiger partial charge in [-0.15, -0.1) is 0 Å². The number of hydrogen-bond acceptors (Lipinski definition) is 3. The summed E-state index contributed by atoms with van der Waals surface area (Å²) in [6.45, 7) is 0. The highest BCUT2D eigenvalue weighted by Gasteiger charge is 2.18. The van der Waals surface area contributed by atoms with E-state index >= 15 is 0 Å². The van der Waals surface area contributed by atoms with E-state index in [1.807, 2.05) is 0 Å². The molecule has 1 rings (SSSR count). The number of rotatable bonds is 2. The summed E-state index contributed by atoms with van der Waals surface area (Å²) in [7, 11) is 1.01. The molecule has 1 N–H and O–H groups in total. The van der Waals surface area contributed by atoms with E-state index in [9.17, 15) is 17.8 Å². The van der Waals surface area contributed by atoms with E-state index in [0.29, 0.717) is 12.1 Å². The Morgan fingerprint density at radius 3 is 2.47 bits per heavy atom. The van der Waals surface area contributed by atoms with Crippen LogP contribution < -0.4 is 0 Å². The zero-order chi connectivity index (χ0) is 11.6. The monoisotopic (exact) mass is 236 g/mol. The molecule has 0 amide bonds. The van der Waals surface area contributed by atoms with Crippen LogP contribution in [0.25, 0.3) is 0 Å². The molecule has 0 heterocycles. The largest absolute Gasteiger partial charge is 0.465 e. The van der Waals surface area contributed by atoms with Crippen LogP contribution in [-0.4, -0.2) is 21.8 Å². The lowest BCUT2D eigenvalue weighted by atomic mass is 10.2. The highest BCUT2D eigenvalue weighted by molar-refractivity contribution is 7.79. The van der Waals surface area contributed by atoms with E-state index in [-0.39, 0.29) is 0 Å². The molecule has 15 heavy (non-hydrogen) atoms. The predicted octanol–water partition coefficient (Wildman–Crippen LogP) is 1.33. The van der Waals surface area contributed by atoms with Gasteiger partial charge in [0.15, 0.2) is 11.1 Å². The summed E-state index contributed by atoms with van der Waals surface area (Å²) in [5, 5.41) is 0. The first-order valence-corrected chi connectivity index (χ1v) is 4.76. The fourth-order valence-corrected chi connectivity index (χ4v) is 1.37. The molecule has 0 aromatic heterocycles. The first-order valence-electron chi connectivity index (χ1n) is 3.65. The van der Waals surface area contributed by atoms with Gasteiger partial charge in [0.2, 0.25) is 0 Å². The molecule has 0 aliphatic carbocycles. The van der Waals surface area contributed by atoms with Crippen molar-refractivity contribution in [3.05, 3.63) is 29.3 Å². The topological polar surface area (TPSA) is 63.6 Å². The summed E-state index contributed by atoms with van der Waals surface area (Å²) < 4.78 is 49.3. The fourth-order valence-electron chi connectivity index (χ4n) is 0.929. The smallest absolute Gasteiger partial charge is 0.340 e. The van der Waals surface area contributed by atoms with Crippen molar-refractivity contribution in [2.24, 2.45) is 0 Å². The Labute approximate surface area is 86.1 Å². The molecular weight excluding hydrogens is 230 g/mol. The van der Waals surface area contributed by atoms with Gasteiger partial charge >= 0.3 is 5.97 Å². The lowest BCUT2D eigenvalue weighted by Crippen LogP contribution is -2.07. The third-order valence-electron chi connectivity index (χ3n) is 1.62. The Morgan fingerprint density at radius 2 is 2.00 bits per heavy atom. The number of esters is 1. The maximum atomic E-state index is 13.0. The standard InChI is InChI=1S/C8H6F2O4S/c1-14-8(11)4-2-7(15(12)13)6(10)3-5(4)9/h2-3H,1H3,(H,12,13). The fraction of sp³-hybridized carbons (Fsp3) is 0.125. The van der Waals surface area contributed by atoms with Crippen molar-refractivity contribution >= 4 is 17.0 Å². The zero-order valence-corrected chi connectivity index (χ0v) is 8.31. The van der Waals surface area contributed by atoms with Crippen LogP contribution in [0.4, 0.5) is 8.78 Å². The second-order valence-electron chi connectivity index (χ2n) is 2.50. The number of benzene rings is 1. The van der Waals surface area contributed by atoms with Gasteiger partial charge in [-0.05, 0) is 6.07 Å². The van der Waals surface area contributed by atoms with Crippen LogP contribution in [0.2, 0.25) is 0 Å². The van der Waals surface area contributed by atoms with Gasteiger partial charge in [-0.25, -0.2) is 17.8 Å². The molecule has 4 nitrogen and oxygen atoms in total. The van der Waals surface area contributed by atoms with Crippen LogP contribution in [0, 0.1) is 11.6 Å². The van der Waals surface area contributed by atoms with Crippen molar-refractivity contribution < 1.29 is 27.1 Å². The molecule has 1 atom stereocenters. The van der Waals surface area contributed by atoms with Crippen LogP contribution in [0.1, 0.15) is 10.4 Å². The average molecular weight is 236 g/mol. The van der Waals surface area contributed by atoms with Gasteiger partial charge < -0.3 is 9.29 Å². The number of halogens is 2. The molecule has 1 aromatic rings. The molecular formula is C8H6F2O4S. The SMILES string of the molecule is COC(=O)c1cc(S(=O)O)c(F)cc1F. The summed E-state index contributed by atoms with van der Waals surface area (Å²) in [5.41, 5.74) is -0.587. The first-order chi connectivity index (χ1) is 6.97. The molecule has 0 aliphatic rings. The summed E-state index contributed by atoms with van der Waals surface area (Å²) in [6.07, 6.45) is 0. The normalized spacial score (nSPS) is 12.3. The lowest BCUT2D eigenvalue weighted by molar-refractivity contribution is 0.0595. The molecule has 0 saturated carbocycles. The van der Waals surface area contributed by atoms with Gasteiger partial charge in [-0.3, -0.25) is 0 Å². The van der Waals surface area contributed by atoms with Crippen LogP contribution in [0.3, 0.4) is 0 Å². The molecule has 0 bridgehead atoms. The van der Waals surface area contributed by atoms with E-state index in [4.69, 9.17) is 4.55 Å². The van der Waals surface area contributed by atoms with E-state index in [1.54, 1.807) is 0 Å².